The number of hydrogen-bond acceptors (Lipinski definition) is 21. The highest BCUT2D eigenvalue weighted by Crippen LogP contribution is 2.45. The van der Waals surface area contributed by atoms with Crippen LogP contribution in [0.15, 0.2) is 153 Å². The summed E-state index contributed by atoms with van der Waals surface area (Å²) in [7, 11) is 1.76. The van der Waals surface area contributed by atoms with Crippen LogP contribution in [0.1, 0.15) is 271 Å². The van der Waals surface area contributed by atoms with E-state index in [2.05, 4.69) is 69.7 Å². The van der Waals surface area contributed by atoms with Gasteiger partial charge in [-0.1, -0.05) is 89.6 Å². The zero-order valence-electron chi connectivity index (χ0n) is 74.2. The molecule has 0 aromatic heterocycles. The third-order valence-electron chi connectivity index (χ3n) is 24.1. The van der Waals surface area contributed by atoms with E-state index in [1.807, 2.05) is 24.3 Å². The molecule has 0 aliphatic heterocycles. The number of nitrogens with zero attached hydrogens (tertiary/aromatic N) is 1. The summed E-state index contributed by atoms with van der Waals surface area (Å²) < 4.78 is 78.2. The second-order valence-electron chi connectivity index (χ2n) is 33.5. The largest absolute Gasteiger partial charge is 0.494 e. The Morgan fingerprint density at radius 1 is 0.415 bits per heavy atom. The SMILES string of the molecule is C=C(C)C(=O)OCCOc1ccc(C(=O)Oc2ccc(OCC3CCC(COC)CC3)cc2)cc1.C=CC(=O)OC/C=C/CCCCCOc1ccc(C2CCC(C3CCC(CC)CC3)CC2)cc1.C=CC(=O)OCCCCCCOC1CCC(COc2ccc(OCC3CCC(OCCCCCCOC(=O)C=C)CC3)c(C(=O)OCCCC#N)c2)CC1. The molecular weight excluding hydrogens is 1560 g/mol. The molecule has 5 saturated carbocycles. The van der Waals surface area contributed by atoms with Crippen LogP contribution in [0, 0.1) is 52.8 Å². The van der Waals surface area contributed by atoms with Crippen molar-refractivity contribution in [2.24, 2.45) is 41.4 Å². The number of esters is 6. The lowest BCUT2D eigenvalue weighted by atomic mass is 9.68. The number of carbonyl (C=O) groups excluding carboxylic acids is 6. The summed E-state index contributed by atoms with van der Waals surface area (Å²) in [4.78, 5) is 70.0. The summed E-state index contributed by atoms with van der Waals surface area (Å²) in [5.74, 6) is 7.13. The first-order valence-electron chi connectivity index (χ1n) is 46.0. The first-order valence-corrected chi connectivity index (χ1v) is 46.0. The number of carbonyl (C=O) groups is 6. The Labute approximate surface area is 734 Å². The Hall–Kier alpha value is -9.23. The molecule has 676 valence electrons. The number of methoxy groups -OCH3 is 1. The molecule has 5 aliphatic carbocycles. The summed E-state index contributed by atoms with van der Waals surface area (Å²) >= 11 is 0. The lowest BCUT2D eigenvalue weighted by molar-refractivity contribution is -0.140. The molecule has 0 bridgehead atoms. The van der Waals surface area contributed by atoms with Crippen LogP contribution in [-0.2, 0) is 57.1 Å². The van der Waals surface area contributed by atoms with Gasteiger partial charge < -0.3 is 66.3 Å². The number of unbranched alkanes of at least 4 members (excludes halogenated alkanes) is 10. The van der Waals surface area contributed by atoms with Gasteiger partial charge in [-0.3, -0.25) is 0 Å². The Bertz CT molecular complexity index is 3750. The topological polar surface area (TPSA) is 255 Å². The molecular formula is C102H143NO20. The number of rotatable bonds is 53. The predicted octanol–water partition coefficient (Wildman–Crippen LogP) is 22.3. The number of hydrogen-bond donors (Lipinski definition) is 0. The average Bonchev–Trinajstić information content (AvgIpc) is 0.835. The fraction of sp³-hybridized carbons (Fsp3) is 0.598. The van der Waals surface area contributed by atoms with Crippen LogP contribution in [0.2, 0.25) is 0 Å². The van der Waals surface area contributed by atoms with Gasteiger partial charge in [-0.2, -0.15) is 5.26 Å². The molecule has 21 nitrogen and oxygen atoms in total. The third kappa shape index (κ3) is 41.9. The molecule has 0 N–H and O–H groups in total. The monoisotopic (exact) mass is 1700 g/mol. The lowest BCUT2D eigenvalue weighted by Crippen LogP contribution is -2.26. The van der Waals surface area contributed by atoms with Gasteiger partial charge in [0.15, 0.2) is 0 Å². The van der Waals surface area contributed by atoms with E-state index >= 15 is 0 Å². The fourth-order valence-corrected chi connectivity index (χ4v) is 16.5. The van der Waals surface area contributed by atoms with Crippen molar-refractivity contribution in [1.82, 2.24) is 0 Å². The average molecular weight is 1700 g/mol. The summed E-state index contributed by atoms with van der Waals surface area (Å²) in [6.45, 7) is 24.2. The molecule has 0 amide bonds. The van der Waals surface area contributed by atoms with Gasteiger partial charge in [0.2, 0.25) is 0 Å². The Morgan fingerprint density at radius 3 is 1.41 bits per heavy atom. The Balaban J connectivity index is 0.000000264. The fourth-order valence-electron chi connectivity index (χ4n) is 16.5. The van der Waals surface area contributed by atoms with Crippen molar-refractivity contribution in [3.05, 3.63) is 170 Å². The van der Waals surface area contributed by atoms with Gasteiger partial charge in [0, 0.05) is 57.2 Å². The first kappa shape index (κ1) is 101. The van der Waals surface area contributed by atoms with Crippen LogP contribution in [0.25, 0.3) is 0 Å². The zero-order chi connectivity index (χ0) is 87.7. The molecule has 0 unspecified atom stereocenters. The standard InChI is InChI=1S/C43H63NO10.C31H46O3.C28H34O7/c1-3-41(45)50-28-12-7-5-10-26-48-36-19-15-34(16-20-36)32-53-38-23-24-40(39(31-38)43(47)52-30-14-9-25-44)54-33-35-17-21-37(22-18-35)49-27-11-6-8-13-29-51-42(46)4-2;1-3-25-11-13-26(14-12-25)27-15-17-28(18-16-27)29-19-21-30(22-20-29)33-23-9-7-5-6-8-10-24-34-31(32)4-2;1-20(2)27(29)33-17-16-32-24-10-8-23(9-11-24)28(30)35-26-14-12-25(13-15-26)34-19-22-6-4-21(5-7-22)18-31-3/h3-4,23-24,31,34-37H,1-2,5-22,26-30,32-33H2;4,8,10,19-22,25-28H,2-3,5-7,9,11-18,23-24H2,1H3;8-15,21-22H,1,4-7,16-19H2,2-3H3/b;10-8+;. The minimum Gasteiger partial charge on any atom is -0.494 e. The Kier molecular flexibility index (Phi) is 50.2. The molecule has 0 atom stereocenters. The molecule has 4 aromatic carbocycles. The molecule has 0 heterocycles. The van der Waals surface area contributed by atoms with E-state index in [9.17, 15) is 28.8 Å². The first-order chi connectivity index (χ1) is 60.0. The minimum absolute atomic E-state index is 0.116. The maximum Gasteiger partial charge on any atom is 0.343 e. The molecule has 5 fully saturated rings. The van der Waals surface area contributed by atoms with Crippen molar-refractivity contribution in [3.63, 3.8) is 0 Å². The van der Waals surface area contributed by atoms with Crippen molar-refractivity contribution in [2.45, 2.75) is 257 Å². The summed E-state index contributed by atoms with van der Waals surface area (Å²) in [6, 6.07) is 30.1. The number of allylic oxidation sites excluding steroid dienone is 1. The van der Waals surface area contributed by atoms with Gasteiger partial charge in [-0.15, -0.1) is 0 Å². The molecule has 0 saturated heterocycles. The molecule has 123 heavy (non-hydrogen) atoms. The van der Waals surface area contributed by atoms with Crippen molar-refractivity contribution >= 4 is 35.8 Å². The molecule has 21 heteroatoms. The van der Waals surface area contributed by atoms with Crippen molar-refractivity contribution < 1.29 is 95.1 Å². The molecule has 0 spiro atoms. The lowest BCUT2D eigenvalue weighted by Gasteiger charge is -2.38. The smallest absolute Gasteiger partial charge is 0.343 e. The van der Waals surface area contributed by atoms with Gasteiger partial charge in [0.05, 0.1) is 70.1 Å². The second kappa shape index (κ2) is 61.2. The summed E-state index contributed by atoms with van der Waals surface area (Å²) in [5.41, 5.74) is 2.59. The van der Waals surface area contributed by atoms with Crippen molar-refractivity contribution in [3.8, 4) is 40.6 Å². The number of nitriles is 1. The molecule has 5 aliphatic rings. The van der Waals surface area contributed by atoms with Crippen LogP contribution >= 0.6 is 0 Å². The molecule has 9 rings (SSSR count). The second-order valence-corrected chi connectivity index (χ2v) is 33.5. The van der Waals surface area contributed by atoms with E-state index in [1.165, 1.54) is 94.4 Å². The van der Waals surface area contributed by atoms with Crippen LogP contribution in [-0.4, -0.2) is 141 Å². The Morgan fingerprint density at radius 2 is 0.862 bits per heavy atom. The highest BCUT2D eigenvalue weighted by atomic mass is 16.6. The summed E-state index contributed by atoms with van der Waals surface area (Å²) in [6.07, 6.45) is 46.6. The van der Waals surface area contributed by atoms with Gasteiger partial charge in [0.1, 0.15) is 59.9 Å². The van der Waals surface area contributed by atoms with Gasteiger partial charge in [-0.25, -0.2) is 28.8 Å². The number of ether oxygens (including phenoxy) is 14. The maximum atomic E-state index is 13.1. The van der Waals surface area contributed by atoms with Gasteiger partial charge >= 0.3 is 35.8 Å². The van der Waals surface area contributed by atoms with E-state index in [4.69, 9.17) is 71.6 Å². The minimum atomic E-state index is -0.475. The van der Waals surface area contributed by atoms with E-state index in [0.29, 0.717) is 116 Å². The van der Waals surface area contributed by atoms with Crippen LogP contribution in [0.5, 0.6) is 34.5 Å². The van der Waals surface area contributed by atoms with Crippen LogP contribution < -0.4 is 28.4 Å². The molecule has 4 aromatic rings. The quantitative estimate of drug-likeness (QED) is 0.00994. The van der Waals surface area contributed by atoms with Crippen LogP contribution in [0.3, 0.4) is 0 Å². The van der Waals surface area contributed by atoms with Crippen molar-refractivity contribution in [2.75, 3.05) is 93.0 Å². The highest BCUT2D eigenvalue weighted by molar-refractivity contribution is 5.93. The normalized spacial score (nSPS) is 20.5. The van der Waals surface area contributed by atoms with E-state index < -0.39 is 17.9 Å². The summed E-state index contributed by atoms with van der Waals surface area (Å²) in [5, 5.41) is 8.86. The van der Waals surface area contributed by atoms with E-state index in [0.717, 1.165) is 203 Å². The predicted molar refractivity (Wildman–Crippen MR) is 478 cm³/mol. The van der Waals surface area contributed by atoms with Crippen LogP contribution in [0.4, 0.5) is 0 Å². The third-order valence-corrected chi connectivity index (χ3v) is 24.1. The number of benzene rings is 4. The van der Waals surface area contributed by atoms with E-state index in [-0.39, 0.29) is 49.9 Å². The van der Waals surface area contributed by atoms with Gasteiger partial charge in [-0.05, 0) is 325 Å². The molecule has 0 radical (unpaired) electrons. The van der Waals surface area contributed by atoms with Gasteiger partial charge in [0.25, 0.3) is 0 Å². The van der Waals surface area contributed by atoms with Crippen molar-refractivity contribution in [1.29, 1.82) is 5.26 Å². The van der Waals surface area contributed by atoms with E-state index in [1.54, 1.807) is 62.6 Å². The maximum absolute atomic E-state index is 13.1. The zero-order valence-corrected chi connectivity index (χ0v) is 74.2. The highest BCUT2D eigenvalue weighted by Gasteiger charge is 2.32.